The number of rotatable bonds is 3. The third kappa shape index (κ3) is 3.50. The Labute approximate surface area is 122 Å². The average Bonchev–Trinajstić information content (AvgIpc) is 2.26. The second-order valence-corrected chi connectivity index (χ2v) is 6.75. The molecule has 4 heteroatoms. The van der Waals surface area contributed by atoms with Crippen LogP contribution in [0.1, 0.15) is 31.7 Å². The Kier molecular flexibility index (Phi) is 4.19. The highest BCUT2D eigenvalue weighted by Crippen LogP contribution is 2.36. The lowest BCUT2D eigenvalue weighted by atomic mass is 9.79. The van der Waals surface area contributed by atoms with Crippen LogP contribution in [0.2, 0.25) is 0 Å². The maximum absolute atomic E-state index is 11.0. The van der Waals surface area contributed by atoms with Crippen LogP contribution in [0.5, 0.6) is 0 Å². The third-order valence-electron chi connectivity index (χ3n) is 3.86. The Morgan fingerprint density at radius 1 is 1.53 bits per heavy atom. The summed E-state index contributed by atoms with van der Waals surface area (Å²) in [6, 6.07) is 6.27. The summed E-state index contributed by atoms with van der Waals surface area (Å²) in [5.74, 6) is -0.697. The number of aliphatic carboxylic acids is 1. The summed E-state index contributed by atoms with van der Waals surface area (Å²) in [6.07, 6.45) is 2.30. The van der Waals surface area contributed by atoms with Gasteiger partial charge in [0.2, 0.25) is 0 Å². The van der Waals surface area contributed by atoms with Crippen LogP contribution in [-0.2, 0) is 4.79 Å². The monoisotopic (exact) mass is 325 g/mol. The van der Waals surface area contributed by atoms with Crippen molar-refractivity contribution in [2.24, 2.45) is 5.41 Å². The van der Waals surface area contributed by atoms with Crippen molar-refractivity contribution in [1.29, 1.82) is 0 Å². The molecule has 1 aromatic carbocycles. The zero-order valence-corrected chi connectivity index (χ0v) is 13.0. The van der Waals surface area contributed by atoms with Crippen LogP contribution >= 0.6 is 15.9 Å². The van der Waals surface area contributed by atoms with Crippen molar-refractivity contribution in [3.63, 3.8) is 0 Å². The molecular formula is C15H20BrNO2. The molecule has 0 bridgehead atoms. The Morgan fingerprint density at radius 2 is 2.26 bits per heavy atom. The van der Waals surface area contributed by atoms with Crippen LogP contribution in [0.25, 0.3) is 0 Å². The van der Waals surface area contributed by atoms with Gasteiger partial charge in [0, 0.05) is 23.2 Å². The minimum absolute atomic E-state index is 0.121. The summed E-state index contributed by atoms with van der Waals surface area (Å²) in [6.45, 7) is 6.02. The van der Waals surface area contributed by atoms with Gasteiger partial charge in [0.25, 0.3) is 0 Å². The molecule has 2 rings (SSSR count). The number of benzene rings is 1. The molecule has 3 nitrogen and oxygen atoms in total. The van der Waals surface area contributed by atoms with Gasteiger partial charge in [-0.05, 0) is 48.9 Å². The van der Waals surface area contributed by atoms with Crippen molar-refractivity contribution < 1.29 is 9.90 Å². The standard InChI is InChI=1S/C15H20BrNO2/c1-11-8-12(16)4-5-13(11)17-7-3-6-15(2,10-17)9-14(18)19/h4-5,8H,3,6-7,9-10H2,1-2H3,(H,18,19). The van der Waals surface area contributed by atoms with E-state index < -0.39 is 5.97 Å². The molecule has 104 valence electrons. The molecule has 1 aliphatic rings. The molecule has 1 saturated heterocycles. The minimum atomic E-state index is -0.697. The highest BCUT2D eigenvalue weighted by atomic mass is 79.9. The first-order chi connectivity index (χ1) is 8.89. The van der Waals surface area contributed by atoms with E-state index in [4.69, 9.17) is 5.11 Å². The molecule has 0 amide bonds. The lowest BCUT2D eigenvalue weighted by Gasteiger charge is -2.41. The van der Waals surface area contributed by atoms with Crippen LogP contribution in [0, 0.1) is 12.3 Å². The summed E-state index contributed by atoms with van der Waals surface area (Å²) in [7, 11) is 0. The van der Waals surface area contributed by atoms with E-state index in [1.165, 1.54) is 11.3 Å². The van der Waals surface area contributed by atoms with Crippen molar-refractivity contribution in [3.05, 3.63) is 28.2 Å². The van der Waals surface area contributed by atoms with Crippen molar-refractivity contribution in [2.45, 2.75) is 33.1 Å². The number of aryl methyl sites for hydroxylation is 1. The van der Waals surface area contributed by atoms with Gasteiger partial charge in [-0.1, -0.05) is 22.9 Å². The SMILES string of the molecule is Cc1cc(Br)ccc1N1CCCC(C)(CC(=O)O)C1. The maximum atomic E-state index is 11.0. The predicted molar refractivity (Wildman–Crippen MR) is 80.7 cm³/mol. The van der Waals surface area contributed by atoms with Crippen LogP contribution < -0.4 is 4.90 Å². The van der Waals surface area contributed by atoms with Crippen LogP contribution in [0.4, 0.5) is 5.69 Å². The lowest BCUT2D eigenvalue weighted by Crippen LogP contribution is -2.43. The minimum Gasteiger partial charge on any atom is -0.481 e. The summed E-state index contributed by atoms with van der Waals surface area (Å²) in [5, 5.41) is 9.05. The van der Waals surface area contributed by atoms with E-state index >= 15 is 0 Å². The number of carboxylic acid groups (broad SMARTS) is 1. The predicted octanol–water partition coefficient (Wildman–Crippen LogP) is 3.84. The summed E-state index contributed by atoms with van der Waals surface area (Å²) < 4.78 is 1.08. The van der Waals surface area contributed by atoms with Gasteiger partial charge in [-0.2, -0.15) is 0 Å². The number of halogens is 1. The van der Waals surface area contributed by atoms with E-state index in [2.05, 4.69) is 46.8 Å². The molecule has 0 radical (unpaired) electrons. The van der Waals surface area contributed by atoms with E-state index in [0.29, 0.717) is 0 Å². The second-order valence-electron chi connectivity index (χ2n) is 5.84. The summed E-state index contributed by atoms with van der Waals surface area (Å²) in [4.78, 5) is 13.3. The molecule has 0 aliphatic carbocycles. The molecule has 19 heavy (non-hydrogen) atoms. The van der Waals surface area contributed by atoms with Gasteiger partial charge < -0.3 is 10.0 Å². The zero-order chi connectivity index (χ0) is 14.0. The topological polar surface area (TPSA) is 40.5 Å². The van der Waals surface area contributed by atoms with Gasteiger partial charge in [-0.3, -0.25) is 4.79 Å². The molecule has 0 spiro atoms. The first-order valence-corrected chi connectivity index (χ1v) is 7.42. The fourth-order valence-electron chi connectivity index (χ4n) is 3.00. The van der Waals surface area contributed by atoms with Crippen LogP contribution in [0.3, 0.4) is 0 Å². The fraction of sp³-hybridized carbons (Fsp3) is 0.533. The summed E-state index contributed by atoms with van der Waals surface area (Å²) in [5.41, 5.74) is 2.33. The van der Waals surface area contributed by atoms with E-state index in [1.807, 2.05) is 6.07 Å². The van der Waals surface area contributed by atoms with Crippen molar-refractivity contribution in [3.8, 4) is 0 Å². The second kappa shape index (κ2) is 5.53. The molecule has 1 unspecified atom stereocenters. The van der Waals surface area contributed by atoms with E-state index in [0.717, 1.165) is 30.4 Å². The van der Waals surface area contributed by atoms with Gasteiger partial charge in [0.05, 0.1) is 6.42 Å². The Morgan fingerprint density at radius 3 is 2.89 bits per heavy atom. The fourth-order valence-corrected chi connectivity index (χ4v) is 3.48. The van der Waals surface area contributed by atoms with Crippen LogP contribution in [-0.4, -0.2) is 24.2 Å². The van der Waals surface area contributed by atoms with Crippen molar-refractivity contribution >= 4 is 27.6 Å². The number of anilines is 1. The third-order valence-corrected chi connectivity index (χ3v) is 4.35. The molecule has 1 heterocycles. The highest BCUT2D eigenvalue weighted by molar-refractivity contribution is 9.10. The van der Waals surface area contributed by atoms with E-state index in [1.54, 1.807) is 0 Å². The molecular weight excluding hydrogens is 306 g/mol. The number of hydrogen-bond donors (Lipinski definition) is 1. The Hall–Kier alpha value is -1.03. The Balaban J connectivity index is 2.19. The normalized spacial score (nSPS) is 23.4. The molecule has 1 fully saturated rings. The van der Waals surface area contributed by atoms with Crippen LogP contribution in [0.15, 0.2) is 22.7 Å². The number of piperidine rings is 1. The van der Waals surface area contributed by atoms with Gasteiger partial charge in [-0.15, -0.1) is 0 Å². The first kappa shape index (κ1) is 14.4. The lowest BCUT2D eigenvalue weighted by molar-refractivity contribution is -0.139. The number of nitrogens with zero attached hydrogens (tertiary/aromatic N) is 1. The van der Waals surface area contributed by atoms with Gasteiger partial charge in [0.15, 0.2) is 0 Å². The molecule has 0 aromatic heterocycles. The zero-order valence-electron chi connectivity index (χ0n) is 11.4. The molecule has 1 atom stereocenters. The van der Waals surface area contributed by atoms with Gasteiger partial charge >= 0.3 is 5.97 Å². The quantitative estimate of drug-likeness (QED) is 0.917. The van der Waals surface area contributed by atoms with Gasteiger partial charge in [-0.25, -0.2) is 0 Å². The number of hydrogen-bond acceptors (Lipinski definition) is 2. The Bertz CT molecular complexity index is 489. The first-order valence-electron chi connectivity index (χ1n) is 6.63. The average molecular weight is 326 g/mol. The number of carboxylic acids is 1. The van der Waals surface area contributed by atoms with Crippen molar-refractivity contribution in [2.75, 3.05) is 18.0 Å². The van der Waals surface area contributed by atoms with Crippen molar-refractivity contribution in [1.82, 2.24) is 0 Å². The van der Waals surface area contributed by atoms with E-state index in [9.17, 15) is 4.79 Å². The number of carbonyl (C=O) groups is 1. The molecule has 1 aromatic rings. The molecule has 1 aliphatic heterocycles. The molecule has 1 N–H and O–H groups in total. The smallest absolute Gasteiger partial charge is 0.303 e. The largest absolute Gasteiger partial charge is 0.481 e. The maximum Gasteiger partial charge on any atom is 0.303 e. The van der Waals surface area contributed by atoms with E-state index in [-0.39, 0.29) is 11.8 Å². The molecule has 0 saturated carbocycles. The van der Waals surface area contributed by atoms with Gasteiger partial charge in [0.1, 0.15) is 0 Å². The highest BCUT2D eigenvalue weighted by Gasteiger charge is 2.33. The summed E-state index contributed by atoms with van der Waals surface area (Å²) >= 11 is 3.48.